The van der Waals surface area contributed by atoms with Crippen LogP contribution in [0.15, 0.2) is 48.7 Å². The predicted octanol–water partition coefficient (Wildman–Crippen LogP) is 2.91. The molecule has 0 radical (unpaired) electrons. The highest BCUT2D eigenvalue weighted by molar-refractivity contribution is 5.99. The fourth-order valence-electron chi connectivity index (χ4n) is 4.58. The van der Waals surface area contributed by atoms with Crippen LogP contribution < -0.4 is 11.1 Å². The maximum Gasteiger partial charge on any atom is 0.254 e. The second-order valence-corrected chi connectivity index (χ2v) is 8.68. The Hall–Kier alpha value is -4.30. The standard InChI is InChI=1S/C25H24F2N6O3/c26-20-11-18(16-4-2-1-3-5-16)21(35)10-17(20)12-32-9-7-25(6-8-28,22(27)14-32)33-13-19(23(29)36)24(31-33)30-15-34/h1-5,10-11,13,15,22,35H,6-7,9,12,14H2,(H2,29,36)(H,30,31,34). The highest BCUT2D eigenvalue weighted by atomic mass is 19.1. The van der Waals surface area contributed by atoms with Crippen LogP contribution in [0.2, 0.25) is 0 Å². The smallest absolute Gasteiger partial charge is 0.254 e. The zero-order valence-corrected chi connectivity index (χ0v) is 19.2. The molecular formula is C25H24F2N6O3. The van der Waals surface area contributed by atoms with Crippen LogP contribution in [0.25, 0.3) is 11.1 Å². The highest BCUT2D eigenvalue weighted by Crippen LogP contribution is 2.38. The van der Waals surface area contributed by atoms with E-state index in [1.807, 2.05) is 12.1 Å². The van der Waals surface area contributed by atoms with Gasteiger partial charge in [-0.3, -0.25) is 19.2 Å². The summed E-state index contributed by atoms with van der Waals surface area (Å²) in [7, 11) is 0. The van der Waals surface area contributed by atoms with Crippen LogP contribution in [0.1, 0.15) is 28.8 Å². The highest BCUT2D eigenvalue weighted by Gasteiger charge is 2.46. The Morgan fingerprint density at radius 2 is 2.11 bits per heavy atom. The number of nitrogens with one attached hydrogen (secondary N) is 1. The number of aromatic nitrogens is 2. The largest absolute Gasteiger partial charge is 0.507 e. The number of carbonyl (C=O) groups excluding carboxylic acids is 2. The number of hydrogen-bond donors (Lipinski definition) is 3. The van der Waals surface area contributed by atoms with Gasteiger partial charge in [0.1, 0.15) is 28.8 Å². The van der Waals surface area contributed by atoms with Crippen LogP contribution in [0.4, 0.5) is 14.6 Å². The maximum absolute atomic E-state index is 15.7. The number of carbonyl (C=O) groups is 2. The Kier molecular flexibility index (Phi) is 6.98. The Morgan fingerprint density at radius 1 is 1.36 bits per heavy atom. The normalized spacial score (nSPS) is 20.0. The Balaban J connectivity index is 1.57. The van der Waals surface area contributed by atoms with E-state index < -0.39 is 23.4 Å². The summed E-state index contributed by atoms with van der Waals surface area (Å²) >= 11 is 0. The summed E-state index contributed by atoms with van der Waals surface area (Å²) in [6.45, 7) is 0.177. The molecule has 1 aliphatic rings. The molecule has 1 aliphatic heterocycles. The predicted molar refractivity (Wildman–Crippen MR) is 127 cm³/mol. The molecule has 2 heterocycles. The van der Waals surface area contributed by atoms with Crippen molar-refractivity contribution in [2.75, 3.05) is 18.4 Å². The molecule has 3 aromatic rings. The number of likely N-dealkylation sites (tertiary alicyclic amines) is 1. The van der Waals surface area contributed by atoms with E-state index in [9.17, 15) is 24.3 Å². The van der Waals surface area contributed by atoms with E-state index in [4.69, 9.17) is 5.73 Å². The molecule has 4 rings (SSSR count). The first-order valence-electron chi connectivity index (χ1n) is 11.2. The SMILES string of the molecule is N#CCC1(n2cc(C(N)=O)c(NC=O)n2)CCN(Cc2cc(O)c(-c3ccccc3)cc2F)CC1F. The molecule has 0 bridgehead atoms. The van der Waals surface area contributed by atoms with E-state index >= 15 is 4.39 Å². The van der Waals surface area contributed by atoms with Crippen molar-refractivity contribution in [3.05, 3.63) is 65.6 Å². The number of phenols is 1. The van der Waals surface area contributed by atoms with Crippen LogP contribution in [0, 0.1) is 17.1 Å². The number of nitriles is 1. The first-order valence-corrected chi connectivity index (χ1v) is 11.2. The number of primary amides is 1. The summed E-state index contributed by atoms with van der Waals surface area (Å²) in [5.74, 6) is -1.60. The summed E-state index contributed by atoms with van der Waals surface area (Å²) in [6.07, 6.45) is -0.191. The number of nitrogens with zero attached hydrogens (tertiary/aromatic N) is 4. The fraction of sp³-hybridized carbons (Fsp3) is 0.280. The van der Waals surface area contributed by atoms with Crippen molar-refractivity contribution in [1.29, 1.82) is 5.26 Å². The molecule has 2 aromatic carbocycles. The van der Waals surface area contributed by atoms with E-state index in [2.05, 4.69) is 10.4 Å². The van der Waals surface area contributed by atoms with Crippen molar-refractivity contribution in [3.8, 4) is 22.9 Å². The molecule has 0 saturated carbocycles. The molecule has 2 unspecified atom stereocenters. The van der Waals surface area contributed by atoms with Crippen molar-refractivity contribution in [3.63, 3.8) is 0 Å². The number of hydrogen-bond acceptors (Lipinski definition) is 6. The average Bonchev–Trinajstić information content (AvgIpc) is 3.29. The minimum atomic E-state index is -1.61. The molecule has 4 N–H and O–H groups in total. The third kappa shape index (κ3) is 4.63. The van der Waals surface area contributed by atoms with E-state index in [-0.39, 0.29) is 55.2 Å². The van der Waals surface area contributed by atoms with Crippen molar-refractivity contribution in [2.24, 2.45) is 5.73 Å². The maximum atomic E-state index is 15.7. The lowest BCUT2D eigenvalue weighted by Gasteiger charge is -2.43. The quantitative estimate of drug-likeness (QED) is 0.412. The third-order valence-electron chi connectivity index (χ3n) is 6.52. The second kappa shape index (κ2) is 10.1. The second-order valence-electron chi connectivity index (χ2n) is 8.68. The van der Waals surface area contributed by atoms with Gasteiger partial charge >= 0.3 is 0 Å². The number of rotatable bonds is 8. The first-order chi connectivity index (χ1) is 17.3. The molecule has 186 valence electrons. The number of alkyl halides is 1. The fourth-order valence-corrected chi connectivity index (χ4v) is 4.58. The number of aromatic hydroxyl groups is 1. The number of halogens is 2. The zero-order chi connectivity index (χ0) is 25.9. The van der Waals surface area contributed by atoms with Crippen LogP contribution in [-0.2, 0) is 16.9 Å². The number of nitrogens with two attached hydrogens (primary N) is 1. The summed E-state index contributed by atoms with van der Waals surface area (Å²) in [5.41, 5.74) is 5.07. The van der Waals surface area contributed by atoms with Gasteiger partial charge in [-0.05, 0) is 24.1 Å². The van der Waals surface area contributed by atoms with Crippen molar-refractivity contribution in [2.45, 2.75) is 31.1 Å². The van der Waals surface area contributed by atoms with Crippen LogP contribution >= 0.6 is 0 Å². The lowest BCUT2D eigenvalue weighted by Crippen LogP contribution is -2.54. The Bertz CT molecular complexity index is 1320. The van der Waals surface area contributed by atoms with Gasteiger partial charge in [-0.1, -0.05) is 30.3 Å². The lowest BCUT2D eigenvalue weighted by molar-refractivity contribution is -0.105. The van der Waals surface area contributed by atoms with Gasteiger partial charge in [0.15, 0.2) is 5.82 Å². The minimum absolute atomic E-state index is 0.0428. The first kappa shape index (κ1) is 24.8. The van der Waals surface area contributed by atoms with Gasteiger partial charge in [0.25, 0.3) is 5.91 Å². The minimum Gasteiger partial charge on any atom is -0.507 e. The molecule has 0 aliphatic carbocycles. The molecule has 0 spiro atoms. The zero-order valence-electron chi connectivity index (χ0n) is 19.2. The number of anilines is 1. The van der Waals surface area contributed by atoms with E-state index in [1.54, 1.807) is 29.2 Å². The summed E-state index contributed by atoms with van der Waals surface area (Å²) in [5, 5.41) is 26.3. The summed E-state index contributed by atoms with van der Waals surface area (Å²) < 4.78 is 31.8. The monoisotopic (exact) mass is 494 g/mol. The molecule has 11 heteroatoms. The van der Waals surface area contributed by atoms with E-state index in [0.29, 0.717) is 17.5 Å². The Labute approximate surface area is 205 Å². The van der Waals surface area contributed by atoms with E-state index in [1.165, 1.54) is 23.0 Å². The summed E-state index contributed by atoms with van der Waals surface area (Å²) in [6, 6.07) is 13.5. The molecule has 36 heavy (non-hydrogen) atoms. The molecule has 1 saturated heterocycles. The topological polar surface area (TPSA) is 137 Å². The molecule has 9 nitrogen and oxygen atoms in total. The van der Waals surface area contributed by atoms with Gasteiger partial charge in [0.2, 0.25) is 6.41 Å². The number of benzene rings is 2. The van der Waals surface area contributed by atoms with Gasteiger partial charge in [-0.2, -0.15) is 10.4 Å². The van der Waals surface area contributed by atoms with Crippen LogP contribution in [0.3, 0.4) is 0 Å². The molecule has 2 amide bonds. The van der Waals surface area contributed by atoms with Crippen LogP contribution in [0.5, 0.6) is 5.75 Å². The van der Waals surface area contributed by atoms with Gasteiger partial charge in [0.05, 0.1) is 12.5 Å². The van der Waals surface area contributed by atoms with Crippen LogP contribution in [-0.4, -0.2) is 51.4 Å². The lowest BCUT2D eigenvalue weighted by atomic mass is 9.83. The number of piperidine rings is 1. The number of phenolic OH excluding ortho intramolecular Hbond substituents is 1. The van der Waals surface area contributed by atoms with Crippen molar-refractivity contribution >= 4 is 18.1 Å². The number of amides is 2. The molecule has 1 fully saturated rings. The van der Waals surface area contributed by atoms with Crippen molar-refractivity contribution in [1.82, 2.24) is 14.7 Å². The van der Waals surface area contributed by atoms with Gasteiger partial charge in [-0.25, -0.2) is 8.78 Å². The van der Waals surface area contributed by atoms with Gasteiger partial charge in [-0.15, -0.1) is 0 Å². The van der Waals surface area contributed by atoms with Crippen molar-refractivity contribution < 1.29 is 23.5 Å². The third-order valence-corrected chi connectivity index (χ3v) is 6.52. The summed E-state index contributed by atoms with van der Waals surface area (Å²) in [4.78, 5) is 24.3. The molecular weight excluding hydrogens is 470 g/mol. The molecule has 2 atom stereocenters. The van der Waals surface area contributed by atoms with Gasteiger partial charge < -0.3 is 16.2 Å². The Morgan fingerprint density at radius 3 is 2.75 bits per heavy atom. The molecule has 1 aromatic heterocycles. The average molecular weight is 495 g/mol. The van der Waals surface area contributed by atoms with Gasteiger partial charge in [0, 0.05) is 37.0 Å². The van der Waals surface area contributed by atoms with E-state index in [0.717, 1.165) is 0 Å².